The van der Waals surface area contributed by atoms with Gasteiger partial charge in [-0.1, -0.05) is 23.1 Å². The Hall–Kier alpha value is -0.570. The summed E-state index contributed by atoms with van der Waals surface area (Å²) < 4.78 is 3.93. The molecule has 2 aromatic heterocycles. The van der Waals surface area contributed by atoms with E-state index >= 15 is 0 Å². The predicted molar refractivity (Wildman–Crippen MR) is 83.6 cm³/mol. The van der Waals surface area contributed by atoms with Crippen LogP contribution in [0.25, 0.3) is 0 Å². The molecule has 2 heterocycles. The van der Waals surface area contributed by atoms with Gasteiger partial charge in [-0.2, -0.15) is 5.10 Å². The van der Waals surface area contributed by atoms with Crippen molar-refractivity contribution in [2.24, 2.45) is 7.05 Å². The monoisotopic (exact) mass is 327 g/mol. The van der Waals surface area contributed by atoms with Crippen LogP contribution in [-0.2, 0) is 13.6 Å². The molecule has 1 fully saturated rings. The number of aromatic nitrogens is 4. The van der Waals surface area contributed by atoms with Gasteiger partial charge in [0.1, 0.15) is 5.03 Å². The highest BCUT2D eigenvalue weighted by molar-refractivity contribution is 8.03. The van der Waals surface area contributed by atoms with Gasteiger partial charge in [-0.05, 0) is 37.8 Å². The molecule has 20 heavy (non-hydrogen) atoms. The quantitative estimate of drug-likeness (QED) is 0.823. The van der Waals surface area contributed by atoms with Crippen LogP contribution in [0, 0.1) is 6.92 Å². The molecule has 0 bridgehead atoms. The fourth-order valence-electron chi connectivity index (χ4n) is 1.95. The molecular weight excluding hydrogens is 310 g/mol. The summed E-state index contributed by atoms with van der Waals surface area (Å²) in [5.41, 5.74) is 2.38. The van der Waals surface area contributed by atoms with E-state index in [1.54, 1.807) is 34.9 Å². The summed E-state index contributed by atoms with van der Waals surface area (Å²) in [5.74, 6) is 0. The third kappa shape index (κ3) is 3.19. The summed E-state index contributed by atoms with van der Waals surface area (Å²) in [6.07, 6.45) is 4.62. The highest BCUT2D eigenvalue weighted by Crippen LogP contribution is 2.35. The first kappa shape index (κ1) is 14.4. The molecule has 1 N–H and O–H groups in total. The Morgan fingerprint density at radius 1 is 1.35 bits per heavy atom. The lowest BCUT2D eigenvalue weighted by Gasteiger charge is -2.05. The predicted octanol–water partition coefficient (Wildman–Crippen LogP) is 2.71. The highest BCUT2D eigenvalue weighted by Gasteiger charge is 2.23. The summed E-state index contributed by atoms with van der Waals surface area (Å²) in [5, 5.41) is 17.6. The van der Waals surface area contributed by atoms with Gasteiger partial charge in [0.2, 0.25) is 0 Å². The van der Waals surface area contributed by atoms with Crippen LogP contribution < -0.4 is 5.32 Å². The second-order valence-corrected chi connectivity index (χ2v) is 8.05. The lowest BCUT2D eigenvalue weighted by molar-refractivity contribution is 0.658. The molecule has 0 saturated heterocycles. The number of nitrogens with zero attached hydrogens (tertiary/aromatic N) is 4. The third-order valence-corrected chi connectivity index (χ3v) is 6.33. The van der Waals surface area contributed by atoms with Crippen LogP contribution in [0.4, 0.5) is 0 Å². The molecule has 8 heteroatoms. The first-order valence-corrected chi connectivity index (χ1v) is 9.34. The zero-order chi connectivity index (χ0) is 14.1. The minimum Gasteiger partial charge on any atom is -0.310 e. The number of aryl methyl sites for hydroxylation is 2. The van der Waals surface area contributed by atoms with Crippen molar-refractivity contribution in [3.63, 3.8) is 0 Å². The largest absolute Gasteiger partial charge is 0.310 e. The van der Waals surface area contributed by atoms with E-state index in [-0.39, 0.29) is 0 Å². The van der Waals surface area contributed by atoms with Crippen LogP contribution in [0.1, 0.15) is 24.1 Å². The molecule has 0 aromatic carbocycles. The van der Waals surface area contributed by atoms with E-state index in [1.807, 2.05) is 18.0 Å². The van der Waals surface area contributed by atoms with E-state index in [0.29, 0.717) is 6.04 Å². The maximum atomic E-state index is 4.54. The van der Waals surface area contributed by atoms with Crippen LogP contribution >= 0.6 is 34.9 Å². The van der Waals surface area contributed by atoms with E-state index in [0.717, 1.165) is 20.9 Å². The summed E-state index contributed by atoms with van der Waals surface area (Å²) in [4.78, 5) is 0. The van der Waals surface area contributed by atoms with Gasteiger partial charge in [-0.3, -0.25) is 4.68 Å². The Labute approximate surface area is 130 Å². The van der Waals surface area contributed by atoms with Crippen molar-refractivity contribution < 1.29 is 0 Å². The summed E-state index contributed by atoms with van der Waals surface area (Å²) >= 11 is 4.93. The number of rotatable bonds is 6. The molecule has 0 unspecified atom stereocenters. The fourth-order valence-corrected chi connectivity index (χ4v) is 4.52. The fraction of sp³-hybridized carbons (Fsp3) is 0.583. The Bertz CT molecular complexity index is 602. The van der Waals surface area contributed by atoms with Gasteiger partial charge in [-0.15, -0.1) is 10.2 Å². The molecule has 1 saturated carbocycles. The number of thioether (sulfide) groups is 1. The number of nitrogens with one attached hydrogen (secondary N) is 1. The van der Waals surface area contributed by atoms with Crippen LogP contribution in [0.2, 0.25) is 0 Å². The molecule has 0 amide bonds. The standard InChI is InChI=1S/C12H17N5S3/c1-7-9(6-13-8-4-5-8)10(17(2)16-7)19-12-15-14-11(18-3)20-12/h8,13H,4-6H2,1-3H3. The van der Waals surface area contributed by atoms with Gasteiger partial charge in [0.15, 0.2) is 8.68 Å². The summed E-state index contributed by atoms with van der Waals surface area (Å²) in [6, 6.07) is 0.706. The van der Waals surface area contributed by atoms with Gasteiger partial charge in [0, 0.05) is 25.2 Å². The first-order valence-electron chi connectivity index (χ1n) is 6.48. The number of hydrogen-bond acceptors (Lipinski definition) is 7. The maximum absolute atomic E-state index is 4.54. The Morgan fingerprint density at radius 3 is 2.75 bits per heavy atom. The van der Waals surface area contributed by atoms with Gasteiger partial charge >= 0.3 is 0 Å². The van der Waals surface area contributed by atoms with Gasteiger partial charge < -0.3 is 5.32 Å². The lowest BCUT2D eigenvalue weighted by Crippen LogP contribution is -2.16. The zero-order valence-electron chi connectivity index (χ0n) is 11.7. The van der Waals surface area contributed by atoms with Crippen LogP contribution in [-0.4, -0.2) is 32.3 Å². The first-order chi connectivity index (χ1) is 9.67. The Balaban J connectivity index is 1.79. The summed E-state index contributed by atoms with van der Waals surface area (Å²) in [6.45, 7) is 2.96. The number of hydrogen-bond donors (Lipinski definition) is 1. The average Bonchev–Trinajstić information content (AvgIpc) is 3.07. The second-order valence-electron chi connectivity index (χ2n) is 4.79. The minimum absolute atomic E-state index is 0.706. The highest BCUT2D eigenvalue weighted by atomic mass is 32.2. The Morgan fingerprint density at radius 2 is 2.10 bits per heavy atom. The van der Waals surface area contributed by atoms with Crippen molar-refractivity contribution in [2.75, 3.05) is 6.26 Å². The minimum atomic E-state index is 0.706. The lowest BCUT2D eigenvalue weighted by atomic mass is 10.2. The van der Waals surface area contributed by atoms with Gasteiger partial charge in [0.25, 0.3) is 0 Å². The van der Waals surface area contributed by atoms with E-state index in [2.05, 4.69) is 27.5 Å². The zero-order valence-corrected chi connectivity index (χ0v) is 14.2. The van der Waals surface area contributed by atoms with Crippen molar-refractivity contribution in [3.8, 4) is 0 Å². The van der Waals surface area contributed by atoms with Gasteiger partial charge in [-0.25, -0.2) is 0 Å². The smallest absolute Gasteiger partial charge is 0.181 e. The molecule has 1 aliphatic carbocycles. The molecule has 1 aliphatic rings. The molecule has 0 radical (unpaired) electrons. The third-order valence-electron chi connectivity index (χ3n) is 3.18. The second kappa shape index (κ2) is 6.05. The van der Waals surface area contributed by atoms with E-state index in [9.17, 15) is 0 Å². The normalized spacial score (nSPS) is 14.9. The molecule has 0 spiro atoms. The topological polar surface area (TPSA) is 55.6 Å². The van der Waals surface area contributed by atoms with Crippen LogP contribution in [0.15, 0.2) is 13.7 Å². The van der Waals surface area contributed by atoms with E-state index in [1.165, 1.54) is 23.4 Å². The molecule has 0 aliphatic heterocycles. The molecular formula is C12H17N5S3. The molecule has 0 atom stereocenters. The molecule has 2 aromatic rings. The molecule has 108 valence electrons. The molecule has 5 nitrogen and oxygen atoms in total. The van der Waals surface area contributed by atoms with Crippen molar-refractivity contribution in [1.82, 2.24) is 25.3 Å². The van der Waals surface area contributed by atoms with Crippen molar-refractivity contribution in [1.29, 1.82) is 0 Å². The van der Waals surface area contributed by atoms with Gasteiger partial charge in [0.05, 0.1) is 5.69 Å². The van der Waals surface area contributed by atoms with Crippen molar-refractivity contribution in [2.45, 2.75) is 46.1 Å². The average molecular weight is 328 g/mol. The maximum Gasteiger partial charge on any atom is 0.181 e. The Kier molecular flexibility index (Phi) is 4.34. The molecule has 3 rings (SSSR count). The SMILES string of the molecule is CSc1nnc(Sc2c(CNC3CC3)c(C)nn2C)s1. The van der Waals surface area contributed by atoms with Crippen molar-refractivity contribution >= 4 is 34.9 Å². The van der Waals surface area contributed by atoms with E-state index in [4.69, 9.17) is 0 Å². The van der Waals surface area contributed by atoms with Crippen LogP contribution in [0.3, 0.4) is 0 Å². The van der Waals surface area contributed by atoms with Crippen molar-refractivity contribution in [3.05, 3.63) is 11.3 Å². The van der Waals surface area contributed by atoms with E-state index < -0.39 is 0 Å². The summed E-state index contributed by atoms with van der Waals surface area (Å²) in [7, 11) is 1.99. The van der Waals surface area contributed by atoms with Crippen LogP contribution in [0.5, 0.6) is 0 Å².